The lowest BCUT2D eigenvalue weighted by Crippen LogP contribution is -2.46. The third kappa shape index (κ3) is 4.32. The van der Waals surface area contributed by atoms with Gasteiger partial charge in [0.2, 0.25) is 16.9 Å². The molecule has 0 radical (unpaired) electrons. The van der Waals surface area contributed by atoms with Crippen molar-refractivity contribution in [1.29, 1.82) is 0 Å². The van der Waals surface area contributed by atoms with Crippen LogP contribution in [-0.2, 0) is 9.59 Å². The molecule has 28 heavy (non-hydrogen) atoms. The summed E-state index contributed by atoms with van der Waals surface area (Å²) < 4.78 is 6.40. The smallest absolute Gasteiger partial charge is 0.226 e. The average Bonchev–Trinajstić information content (AvgIpc) is 3.20. The highest BCUT2D eigenvalue weighted by molar-refractivity contribution is 7.13. The number of nitrogens with one attached hydrogen (secondary N) is 2. The van der Waals surface area contributed by atoms with Crippen molar-refractivity contribution >= 4 is 28.3 Å². The molecule has 148 valence electrons. The van der Waals surface area contributed by atoms with E-state index in [1.54, 1.807) is 5.51 Å². The fraction of sp³-hybridized carbons (Fsp3) is 0.500. The summed E-state index contributed by atoms with van der Waals surface area (Å²) in [4.78, 5) is 24.5. The van der Waals surface area contributed by atoms with Crippen molar-refractivity contribution in [3.8, 4) is 5.75 Å². The van der Waals surface area contributed by atoms with E-state index in [0.29, 0.717) is 5.13 Å². The van der Waals surface area contributed by atoms with Crippen LogP contribution in [0.15, 0.2) is 29.8 Å². The molecule has 2 aliphatic rings. The van der Waals surface area contributed by atoms with Gasteiger partial charge in [0.05, 0.1) is 6.04 Å². The fourth-order valence-corrected chi connectivity index (χ4v) is 4.61. The van der Waals surface area contributed by atoms with Crippen molar-refractivity contribution in [1.82, 2.24) is 15.5 Å². The van der Waals surface area contributed by atoms with Crippen molar-refractivity contribution in [2.75, 3.05) is 5.32 Å². The number of aromatic nitrogens is 2. The van der Waals surface area contributed by atoms with Crippen LogP contribution in [0.5, 0.6) is 5.75 Å². The van der Waals surface area contributed by atoms with E-state index in [2.05, 4.69) is 20.8 Å². The highest BCUT2D eigenvalue weighted by Crippen LogP contribution is 2.46. The summed E-state index contributed by atoms with van der Waals surface area (Å²) in [5.74, 6) is 0.512. The second-order valence-electron chi connectivity index (χ2n) is 7.50. The summed E-state index contributed by atoms with van der Waals surface area (Å²) in [6, 6.07) is 7.85. The number of carbonyl (C=O) groups is 2. The Kier molecular flexibility index (Phi) is 5.57. The van der Waals surface area contributed by atoms with Gasteiger partial charge in [-0.3, -0.25) is 9.59 Å². The number of para-hydroxylation sites is 1. The molecule has 2 amide bonds. The summed E-state index contributed by atoms with van der Waals surface area (Å²) >= 11 is 1.25. The standard InChI is InChI=1S/C20H24N4O3S/c25-17(8-9-18(26)23-19-24-21-13-28-19)22-15-12-20(10-4-1-5-11-20)27-16-7-3-2-6-14(15)16/h2-3,6-7,13,15H,1,4-5,8-12H2,(H,22,25)(H,23,24,26). The zero-order chi connectivity index (χ0) is 19.4. The Hall–Kier alpha value is -2.48. The molecule has 1 aliphatic carbocycles. The molecule has 1 spiro atoms. The molecule has 1 saturated carbocycles. The summed E-state index contributed by atoms with van der Waals surface area (Å²) in [6.07, 6.45) is 6.65. The van der Waals surface area contributed by atoms with E-state index >= 15 is 0 Å². The van der Waals surface area contributed by atoms with E-state index < -0.39 is 0 Å². The van der Waals surface area contributed by atoms with Gasteiger partial charge in [-0.05, 0) is 31.7 Å². The lowest BCUT2D eigenvalue weighted by molar-refractivity contribution is -0.125. The number of nitrogens with zero attached hydrogens (tertiary/aromatic N) is 2. The number of anilines is 1. The Labute approximate surface area is 167 Å². The van der Waals surface area contributed by atoms with Crippen LogP contribution in [-0.4, -0.2) is 27.6 Å². The molecule has 4 rings (SSSR count). The lowest BCUT2D eigenvalue weighted by atomic mass is 9.77. The minimum atomic E-state index is -0.233. The Morgan fingerprint density at radius 1 is 1.14 bits per heavy atom. The van der Waals surface area contributed by atoms with Gasteiger partial charge in [-0.2, -0.15) is 0 Å². The summed E-state index contributed by atoms with van der Waals surface area (Å²) in [7, 11) is 0. The predicted molar refractivity (Wildman–Crippen MR) is 106 cm³/mol. The third-order valence-electron chi connectivity index (χ3n) is 5.48. The first-order valence-corrected chi connectivity index (χ1v) is 10.6. The van der Waals surface area contributed by atoms with Crippen LogP contribution in [0.4, 0.5) is 5.13 Å². The van der Waals surface area contributed by atoms with Gasteiger partial charge in [-0.15, -0.1) is 10.2 Å². The maximum atomic E-state index is 12.5. The van der Waals surface area contributed by atoms with E-state index in [4.69, 9.17) is 4.74 Å². The van der Waals surface area contributed by atoms with Crippen molar-refractivity contribution in [3.63, 3.8) is 0 Å². The Morgan fingerprint density at radius 3 is 2.71 bits per heavy atom. The fourth-order valence-electron chi connectivity index (χ4n) is 4.15. The van der Waals surface area contributed by atoms with Gasteiger partial charge in [-0.25, -0.2) is 0 Å². The molecular weight excluding hydrogens is 376 g/mol. The summed E-state index contributed by atoms with van der Waals surface area (Å²) in [5.41, 5.74) is 2.39. The molecule has 1 unspecified atom stereocenters. The van der Waals surface area contributed by atoms with Gasteiger partial charge in [-0.1, -0.05) is 36.0 Å². The maximum Gasteiger partial charge on any atom is 0.226 e. The minimum Gasteiger partial charge on any atom is -0.487 e. The predicted octanol–water partition coefficient (Wildman–Crippen LogP) is 3.60. The number of fused-ring (bicyclic) bond motifs is 1. The zero-order valence-electron chi connectivity index (χ0n) is 15.6. The first kappa shape index (κ1) is 18.9. The first-order chi connectivity index (χ1) is 13.6. The van der Waals surface area contributed by atoms with Gasteiger partial charge >= 0.3 is 0 Å². The van der Waals surface area contributed by atoms with Crippen molar-refractivity contribution in [3.05, 3.63) is 35.3 Å². The lowest BCUT2D eigenvalue weighted by Gasteiger charge is -2.44. The molecule has 2 N–H and O–H groups in total. The van der Waals surface area contributed by atoms with E-state index in [0.717, 1.165) is 43.4 Å². The Bertz CT molecular complexity index is 834. The largest absolute Gasteiger partial charge is 0.487 e. The number of hydrogen-bond donors (Lipinski definition) is 2. The van der Waals surface area contributed by atoms with Crippen LogP contribution in [0.25, 0.3) is 0 Å². The molecule has 2 heterocycles. The van der Waals surface area contributed by atoms with Crippen LogP contribution >= 0.6 is 11.3 Å². The topological polar surface area (TPSA) is 93.2 Å². The normalized spacial score (nSPS) is 20.1. The molecular formula is C20H24N4O3S. The molecule has 8 heteroatoms. The van der Waals surface area contributed by atoms with E-state index in [1.807, 2.05) is 24.3 Å². The second-order valence-corrected chi connectivity index (χ2v) is 8.33. The van der Waals surface area contributed by atoms with Gasteiger partial charge in [0.25, 0.3) is 0 Å². The summed E-state index contributed by atoms with van der Waals surface area (Å²) in [6.45, 7) is 0. The summed E-state index contributed by atoms with van der Waals surface area (Å²) in [5, 5.41) is 13.7. The highest BCUT2D eigenvalue weighted by atomic mass is 32.1. The number of benzene rings is 1. The quantitative estimate of drug-likeness (QED) is 0.800. The number of carbonyl (C=O) groups excluding carboxylic acids is 2. The van der Waals surface area contributed by atoms with Crippen molar-refractivity contribution in [2.24, 2.45) is 0 Å². The third-order valence-corrected chi connectivity index (χ3v) is 6.09. The maximum absolute atomic E-state index is 12.5. The van der Waals surface area contributed by atoms with Gasteiger partial charge in [0, 0.05) is 24.8 Å². The van der Waals surface area contributed by atoms with Gasteiger partial charge in [0.1, 0.15) is 16.9 Å². The Balaban J connectivity index is 1.38. The molecule has 2 aromatic rings. The molecule has 0 saturated heterocycles. The van der Waals surface area contributed by atoms with E-state index in [9.17, 15) is 9.59 Å². The first-order valence-electron chi connectivity index (χ1n) is 9.77. The molecule has 7 nitrogen and oxygen atoms in total. The average molecular weight is 401 g/mol. The molecule has 1 atom stereocenters. The number of ether oxygens (including phenoxy) is 1. The number of amides is 2. The van der Waals surface area contributed by atoms with Crippen LogP contribution < -0.4 is 15.4 Å². The highest BCUT2D eigenvalue weighted by Gasteiger charge is 2.42. The van der Waals surface area contributed by atoms with Crippen molar-refractivity contribution in [2.45, 2.75) is 63.0 Å². The van der Waals surface area contributed by atoms with Gasteiger partial charge in [0.15, 0.2) is 0 Å². The van der Waals surface area contributed by atoms with Crippen LogP contribution in [0.1, 0.15) is 63.0 Å². The number of hydrogen-bond acceptors (Lipinski definition) is 6. The van der Waals surface area contributed by atoms with Crippen molar-refractivity contribution < 1.29 is 14.3 Å². The zero-order valence-corrected chi connectivity index (χ0v) is 16.5. The Morgan fingerprint density at radius 2 is 1.93 bits per heavy atom. The second kappa shape index (κ2) is 8.26. The van der Waals surface area contributed by atoms with E-state index in [1.165, 1.54) is 17.8 Å². The minimum absolute atomic E-state index is 0.0817. The monoisotopic (exact) mass is 400 g/mol. The van der Waals surface area contributed by atoms with Crippen LogP contribution in [0, 0.1) is 0 Å². The molecule has 1 aromatic carbocycles. The van der Waals surface area contributed by atoms with E-state index in [-0.39, 0.29) is 36.3 Å². The molecule has 1 aromatic heterocycles. The van der Waals surface area contributed by atoms with Crippen LogP contribution in [0.3, 0.4) is 0 Å². The van der Waals surface area contributed by atoms with Gasteiger partial charge < -0.3 is 15.4 Å². The molecule has 1 fully saturated rings. The number of rotatable bonds is 5. The molecule has 1 aliphatic heterocycles. The van der Waals surface area contributed by atoms with Crippen LogP contribution in [0.2, 0.25) is 0 Å². The SMILES string of the molecule is O=C(CCC(=O)NC1CC2(CCCCC2)Oc2ccccc21)Nc1nncs1. The molecule has 0 bridgehead atoms.